The van der Waals surface area contributed by atoms with Crippen LogP contribution in [0, 0.1) is 5.92 Å². The first-order valence-electron chi connectivity index (χ1n) is 6.45. The van der Waals surface area contributed by atoms with Crippen LogP contribution in [-0.4, -0.2) is 42.6 Å². The second-order valence-electron chi connectivity index (χ2n) is 5.24. The largest absolute Gasteiger partial charge is 0.453 e. The van der Waals surface area contributed by atoms with Crippen molar-refractivity contribution < 1.29 is 23.1 Å². The molecule has 0 aromatic rings. The molecule has 1 saturated heterocycles. The van der Waals surface area contributed by atoms with Gasteiger partial charge >= 0.3 is 6.09 Å². The fraction of sp³-hybridized carbons (Fsp3) is 0.692. The number of likely N-dealkylation sites (tertiary alicyclic amines) is 1. The second kappa shape index (κ2) is 6.67. The first kappa shape index (κ1) is 16.4. The summed E-state index contributed by atoms with van der Waals surface area (Å²) in [5.74, 6) is -0.536. The lowest BCUT2D eigenvalue weighted by molar-refractivity contribution is -0.134. The molecule has 0 aliphatic carbocycles. The molecule has 0 saturated carbocycles. The molecule has 1 rings (SSSR count). The van der Waals surface area contributed by atoms with E-state index in [-0.39, 0.29) is 36.4 Å². The molecule has 1 N–H and O–H groups in total. The fourth-order valence-corrected chi connectivity index (χ4v) is 2.20. The molecule has 2 atom stereocenters. The van der Waals surface area contributed by atoms with Crippen molar-refractivity contribution in [1.82, 2.24) is 10.2 Å². The van der Waals surface area contributed by atoms with Crippen molar-refractivity contribution in [3.05, 3.63) is 11.7 Å². The average molecular weight is 290 g/mol. The number of hydrogen-bond donors (Lipinski definition) is 1. The number of hydrogen-bond acceptors (Lipinski definition) is 3. The lowest BCUT2D eigenvalue weighted by Crippen LogP contribution is -2.52. The van der Waals surface area contributed by atoms with E-state index in [9.17, 15) is 18.4 Å². The average Bonchev–Trinajstić information content (AvgIpc) is 2.76. The van der Waals surface area contributed by atoms with Crippen LogP contribution in [-0.2, 0) is 9.53 Å². The minimum Gasteiger partial charge on any atom is -0.453 e. The molecule has 20 heavy (non-hydrogen) atoms. The summed E-state index contributed by atoms with van der Waals surface area (Å²) >= 11 is 0. The van der Waals surface area contributed by atoms with E-state index in [0.717, 1.165) is 0 Å². The van der Waals surface area contributed by atoms with Crippen LogP contribution in [0.2, 0.25) is 0 Å². The van der Waals surface area contributed by atoms with Crippen molar-refractivity contribution in [3.8, 4) is 0 Å². The van der Waals surface area contributed by atoms with E-state index in [1.54, 1.807) is 20.8 Å². The third-order valence-corrected chi connectivity index (χ3v) is 3.38. The summed E-state index contributed by atoms with van der Waals surface area (Å²) in [6, 6.07) is -1.09. The fourth-order valence-electron chi connectivity index (χ4n) is 2.20. The van der Waals surface area contributed by atoms with Gasteiger partial charge in [-0.05, 0) is 19.3 Å². The highest BCUT2D eigenvalue weighted by atomic mass is 19.3. The van der Waals surface area contributed by atoms with E-state index in [4.69, 9.17) is 0 Å². The molecule has 0 aromatic carbocycles. The highest BCUT2D eigenvalue weighted by Gasteiger charge is 2.36. The molecule has 5 nitrogen and oxygen atoms in total. The summed E-state index contributed by atoms with van der Waals surface area (Å²) in [6.45, 7) is 5.16. The van der Waals surface area contributed by atoms with Crippen molar-refractivity contribution in [1.29, 1.82) is 0 Å². The maximum Gasteiger partial charge on any atom is 0.407 e. The smallest absolute Gasteiger partial charge is 0.407 e. The Morgan fingerprint density at radius 1 is 1.40 bits per heavy atom. The van der Waals surface area contributed by atoms with Gasteiger partial charge in [0.1, 0.15) is 6.04 Å². The van der Waals surface area contributed by atoms with Gasteiger partial charge in [0.05, 0.1) is 7.11 Å². The molecule has 1 heterocycles. The van der Waals surface area contributed by atoms with Crippen molar-refractivity contribution in [2.24, 2.45) is 5.92 Å². The number of rotatable bonds is 3. The molecule has 0 radical (unpaired) electrons. The first-order valence-corrected chi connectivity index (χ1v) is 6.45. The zero-order chi connectivity index (χ0) is 15.4. The zero-order valence-corrected chi connectivity index (χ0v) is 12.1. The molecule has 0 bridgehead atoms. The maximum atomic E-state index is 12.6. The molecule has 0 spiro atoms. The summed E-state index contributed by atoms with van der Waals surface area (Å²) in [4.78, 5) is 25.0. The summed E-state index contributed by atoms with van der Waals surface area (Å²) in [6.07, 6.45) is -2.28. The van der Waals surface area contributed by atoms with Gasteiger partial charge in [-0.1, -0.05) is 13.8 Å². The molecule has 1 aliphatic heterocycles. The van der Waals surface area contributed by atoms with E-state index >= 15 is 0 Å². The first-order chi connectivity index (χ1) is 9.27. The summed E-state index contributed by atoms with van der Waals surface area (Å²) in [7, 11) is 1.20. The van der Waals surface area contributed by atoms with Crippen LogP contribution in [0.4, 0.5) is 13.6 Å². The Morgan fingerprint density at radius 3 is 2.40 bits per heavy atom. The Bertz CT molecular complexity index is 420. The van der Waals surface area contributed by atoms with E-state index in [0.29, 0.717) is 0 Å². The highest BCUT2D eigenvalue weighted by molar-refractivity contribution is 5.86. The van der Waals surface area contributed by atoms with Crippen LogP contribution in [0.1, 0.15) is 27.2 Å². The van der Waals surface area contributed by atoms with Crippen molar-refractivity contribution in [2.45, 2.75) is 39.3 Å². The predicted octanol–water partition coefficient (Wildman–Crippen LogP) is 2.14. The minimum atomic E-state index is -1.73. The number of nitrogens with zero attached hydrogens (tertiary/aromatic N) is 1. The zero-order valence-electron chi connectivity index (χ0n) is 12.1. The number of halogens is 2. The van der Waals surface area contributed by atoms with Gasteiger partial charge in [0, 0.05) is 18.2 Å². The molecule has 2 amide bonds. The topological polar surface area (TPSA) is 58.6 Å². The summed E-state index contributed by atoms with van der Waals surface area (Å²) < 4.78 is 29.7. The molecule has 7 heteroatoms. The van der Waals surface area contributed by atoms with Crippen LogP contribution >= 0.6 is 0 Å². The van der Waals surface area contributed by atoms with Crippen LogP contribution in [0.3, 0.4) is 0 Å². The number of methoxy groups -OCH3 is 1. The van der Waals surface area contributed by atoms with Gasteiger partial charge in [0.2, 0.25) is 5.91 Å². The van der Waals surface area contributed by atoms with Crippen molar-refractivity contribution >= 4 is 12.0 Å². The number of carbonyl (C=O) groups excluding carboxylic acids is 2. The van der Waals surface area contributed by atoms with Gasteiger partial charge in [-0.25, -0.2) is 4.79 Å². The molecule has 0 aromatic heterocycles. The third kappa shape index (κ3) is 3.68. The third-order valence-electron chi connectivity index (χ3n) is 3.38. The lowest BCUT2D eigenvalue weighted by atomic mass is 10.0. The van der Waals surface area contributed by atoms with Gasteiger partial charge in [-0.3, -0.25) is 4.79 Å². The van der Waals surface area contributed by atoms with E-state index in [1.807, 2.05) is 0 Å². The van der Waals surface area contributed by atoms with Crippen LogP contribution in [0.15, 0.2) is 11.7 Å². The van der Waals surface area contributed by atoms with Crippen LogP contribution in [0.25, 0.3) is 0 Å². The Labute approximate surface area is 117 Å². The maximum absolute atomic E-state index is 12.6. The molecular formula is C13H20F2N2O3. The second-order valence-corrected chi connectivity index (χ2v) is 5.24. The molecule has 114 valence electrons. The quantitative estimate of drug-likeness (QED) is 0.866. The number of amides is 2. The molecule has 1 aliphatic rings. The number of alkyl carbamates (subject to hydrolysis) is 1. The Hall–Kier alpha value is -1.66. The van der Waals surface area contributed by atoms with Gasteiger partial charge in [0.25, 0.3) is 6.08 Å². The van der Waals surface area contributed by atoms with Gasteiger partial charge in [-0.15, -0.1) is 0 Å². The summed E-state index contributed by atoms with van der Waals surface area (Å²) in [5, 5.41) is 2.45. The normalized spacial score (nSPS) is 20.1. The van der Waals surface area contributed by atoms with Crippen molar-refractivity contribution in [3.63, 3.8) is 0 Å². The van der Waals surface area contributed by atoms with Crippen LogP contribution in [0.5, 0.6) is 0 Å². The summed E-state index contributed by atoms with van der Waals surface area (Å²) in [5.41, 5.74) is -0.0218. The Morgan fingerprint density at radius 2 is 2.00 bits per heavy atom. The van der Waals surface area contributed by atoms with E-state index < -0.39 is 18.2 Å². The Balaban J connectivity index is 2.85. The molecule has 0 unspecified atom stereocenters. The Kier molecular flexibility index (Phi) is 5.47. The van der Waals surface area contributed by atoms with E-state index in [1.165, 1.54) is 12.0 Å². The molecular weight excluding hydrogens is 270 g/mol. The van der Waals surface area contributed by atoms with Gasteiger partial charge < -0.3 is 15.0 Å². The number of ether oxygens (including phenoxy) is 1. The lowest BCUT2D eigenvalue weighted by Gasteiger charge is -2.28. The predicted molar refractivity (Wildman–Crippen MR) is 69.2 cm³/mol. The van der Waals surface area contributed by atoms with Crippen LogP contribution < -0.4 is 5.32 Å². The van der Waals surface area contributed by atoms with Gasteiger partial charge in [-0.2, -0.15) is 8.78 Å². The van der Waals surface area contributed by atoms with Crippen molar-refractivity contribution in [2.75, 3.05) is 13.7 Å². The SMILES string of the molecule is COC(=O)N[C@H](C(=O)N1CC(=C(F)F)C[C@H]1C)C(C)C. The minimum absolute atomic E-state index is 0.0218. The number of nitrogens with one attached hydrogen (secondary N) is 1. The molecule has 1 fully saturated rings. The highest BCUT2D eigenvalue weighted by Crippen LogP contribution is 2.27. The number of carbonyl (C=O) groups is 2. The monoisotopic (exact) mass is 290 g/mol. The van der Waals surface area contributed by atoms with Gasteiger partial charge in [0.15, 0.2) is 0 Å². The van der Waals surface area contributed by atoms with E-state index in [2.05, 4.69) is 10.1 Å². The standard InChI is InChI=1S/C13H20F2N2O3/c1-7(2)10(16-13(19)20-4)12(18)17-6-9(11(14)15)5-8(17)3/h7-8,10H,5-6H2,1-4H3,(H,16,19)/t8-,10+/m1/s1.